The van der Waals surface area contributed by atoms with Gasteiger partial charge >= 0.3 is 11.8 Å². The number of rotatable bonds is 3. The number of amides is 2. The summed E-state index contributed by atoms with van der Waals surface area (Å²) in [7, 11) is 0. The normalized spacial score (nSPS) is 9.84. The summed E-state index contributed by atoms with van der Waals surface area (Å²) < 4.78 is 1.35. The van der Waals surface area contributed by atoms with Crippen molar-refractivity contribution in [2.75, 3.05) is 11.9 Å². The highest BCUT2D eigenvalue weighted by Crippen LogP contribution is 2.32. The van der Waals surface area contributed by atoms with Crippen molar-refractivity contribution in [2.45, 2.75) is 6.92 Å². The zero-order valence-electron chi connectivity index (χ0n) is 9.92. The first kappa shape index (κ1) is 16.1. The van der Waals surface area contributed by atoms with Crippen molar-refractivity contribution in [2.24, 2.45) is 5.73 Å². The van der Waals surface area contributed by atoms with Crippen LogP contribution in [0.3, 0.4) is 0 Å². The van der Waals surface area contributed by atoms with Crippen LogP contribution in [0.15, 0.2) is 21.1 Å². The number of carbonyl (C=O) groups excluding carboxylic acids is 2. The molecule has 1 aromatic carbocycles. The zero-order chi connectivity index (χ0) is 14.6. The van der Waals surface area contributed by atoms with Crippen molar-refractivity contribution in [1.82, 2.24) is 5.32 Å². The minimum absolute atomic E-state index is 0.0160. The van der Waals surface area contributed by atoms with E-state index in [-0.39, 0.29) is 11.5 Å². The summed E-state index contributed by atoms with van der Waals surface area (Å²) in [6, 6.07) is 3.65. The lowest BCUT2D eigenvalue weighted by atomic mass is 10.2. The predicted molar refractivity (Wildman–Crippen MR) is 85.0 cm³/mol. The van der Waals surface area contributed by atoms with Gasteiger partial charge in [-0.05, 0) is 56.5 Å². The van der Waals surface area contributed by atoms with E-state index < -0.39 is 11.8 Å². The Morgan fingerprint density at radius 1 is 1.26 bits per heavy atom. The average Bonchev–Trinajstić information content (AvgIpc) is 2.30. The fourth-order valence-corrected chi connectivity index (χ4v) is 2.92. The highest BCUT2D eigenvalue weighted by atomic mass is 79.9. The number of benzene rings is 1. The van der Waals surface area contributed by atoms with E-state index in [1.54, 1.807) is 0 Å². The van der Waals surface area contributed by atoms with Crippen LogP contribution in [0, 0.1) is 6.92 Å². The van der Waals surface area contributed by atoms with Gasteiger partial charge in [-0.1, -0.05) is 12.2 Å². The largest absolute Gasteiger partial charge is 0.392 e. The summed E-state index contributed by atoms with van der Waals surface area (Å²) in [5.74, 6) is -1.59. The monoisotopic (exact) mass is 407 g/mol. The van der Waals surface area contributed by atoms with E-state index in [1.807, 2.05) is 19.1 Å². The van der Waals surface area contributed by atoms with E-state index in [0.29, 0.717) is 14.6 Å². The maximum absolute atomic E-state index is 11.7. The smallest absolute Gasteiger partial charge is 0.313 e. The summed E-state index contributed by atoms with van der Waals surface area (Å²) in [6.45, 7) is 1.90. The van der Waals surface area contributed by atoms with Gasteiger partial charge in [0, 0.05) is 8.95 Å². The van der Waals surface area contributed by atoms with Crippen molar-refractivity contribution < 1.29 is 9.59 Å². The molecule has 0 unspecified atom stereocenters. The van der Waals surface area contributed by atoms with Crippen LogP contribution in [0.25, 0.3) is 0 Å². The highest BCUT2D eigenvalue weighted by Gasteiger charge is 2.16. The maximum atomic E-state index is 11.7. The number of nitrogens with two attached hydrogens (primary N) is 1. The van der Waals surface area contributed by atoms with Crippen LogP contribution in [0.2, 0.25) is 0 Å². The molecular weight excluding hydrogens is 398 g/mol. The van der Waals surface area contributed by atoms with Crippen molar-refractivity contribution in [3.63, 3.8) is 0 Å². The fraction of sp³-hybridized carbons (Fsp3) is 0.182. The van der Waals surface area contributed by atoms with Gasteiger partial charge in [-0.15, -0.1) is 0 Å². The van der Waals surface area contributed by atoms with Crippen LogP contribution in [0.5, 0.6) is 0 Å². The van der Waals surface area contributed by atoms with Crippen LogP contribution in [-0.2, 0) is 9.59 Å². The SMILES string of the molecule is Cc1cc(Br)c(NC(=O)C(=O)NCC(N)=S)c(Br)c1. The molecule has 0 saturated heterocycles. The first-order valence-corrected chi connectivity index (χ1v) is 7.14. The van der Waals surface area contributed by atoms with Gasteiger partial charge in [-0.2, -0.15) is 0 Å². The molecule has 0 aromatic heterocycles. The van der Waals surface area contributed by atoms with Crippen LogP contribution in [0.1, 0.15) is 5.56 Å². The molecule has 5 nitrogen and oxygen atoms in total. The molecule has 2 amide bonds. The quantitative estimate of drug-likeness (QED) is 0.526. The Labute approximate surface area is 132 Å². The molecule has 0 aliphatic rings. The third-order valence-electron chi connectivity index (χ3n) is 2.05. The van der Waals surface area contributed by atoms with E-state index in [9.17, 15) is 9.59 Å². The van der Waals surface area contributed by atoms with Gasteiger partial charge in [0.1, 0.15) is 0 Å². The van der Waals surface area contributed by atoms with Gasteiger partial charge in [0.15, 0.2) is 0 Å². The lowest BCUT2D eigenvalue weighted by Crippen LogP contribution is -2.39. The van der Waals surface area contributed by atoms with Crippen molar-refractivity contribution in [1.29, 1.82) is 0 Å². The minimum Gasteiger partial charge on any atom is -0.392 e. The second kappa shape index (κ2) is 6.97. The molecule has 4 N–H and O–H groups in total. The molecule has 8 heteroatoms. The van der Waals surface area contributed by atoms with Crippen LogP contribution in [-0.4, -0.2) is 23.3 Å². The molecule has 0 aliphatic heterocycles. The van der Waals surface area contributed by atoms with Gasteiger partial charge in [-0.3, -0.25) is 9.59 Å². The maximum Gasteiger partial charge on any atom is 0.313 e. The van der Waals surface area contributed by atoms with Gasteiger partial charge in [0.05, 0.1) is 17.2 Å². The summed E-state index contributed by atoms with van der Waals surface area (Å²) >= 11 is 11.2. The molecule has 0 spiro atoms. The van der Waals surface area contributed by atoms with Crippen LogP contribution >= 0.6 is 44.1 Å². The molecule has 0 fully saturated rings. The van der Waals surface area contributed by atoms with Gasteiger partial charge in [-0.25, -0.2) is 0 Å². The van der Waals surface area contributed by atoms with E-state index >= 15 is 0 Å². The highest BCUT2D eigenvalue weighted by molar-refractivity contribution is 9.11. The minimum atomic E-state index is -0.799. The Morgan fingerprint density at radius 3 is 2.26 bits per heavy atom. The van der Waals surface area contributed by atoms with Gasteiger partial charge < -0.3 is 16.4 Å². The lowest BCUT2D eigenvalue weighted by Gasteiger charge is -2.10. The Bertz CT molecular complexity index is 526. The first-order valence-electron chi connectivity index (χ1n) is 5.14. The topological polar surface area (TPSA) is 84.2 Å². The lowest BCUT2D eigenvalue weighted by molar-refractivity contribution is -0.135. The third kappa shape index (κ3) is 4.88. The Kier molecular flexibility index (Phi) is 5.89. The first-order chi connectivity index (χ1) is 8.81. The summed E-state index contributed by atoms with van der Waals surface area (Å²) in [6.07, 6.45) is 0. The Morgan fingerprint density at radius 2 is 1.79 bits per heavy atom. The number of anilines is 1. The molecule has 0 saturated carbocycles. The molecule has 0 aliphatic carbocycles. The summed E-state index contributed by atoms with van der Waals surface area (Å²) in [4.78, 5) is 23.2. The van der Waals surface area contributed by atoms with Crippen LogP contribution in [0.4, 0.5) is 5.69 Å². The third-order valence-corrected chi connectivity index (χ3v) is 3.45. The van der Waals surface area contributed by atoms with E-state index in [1.165, 1.54) is 0 Å². The van der Waals surface area contributed by atoms with E-state index in [4.69, 9.17) is 5.73 Å². The number of halogens is 2. The molecule has 19 heavy (non-hydrogen) atoms. The van der Waals surface area contributed by atoms with Crippen molar-refractivity contribution in [3.05, 3.63) is 26.6 Å². The molecule has 0 atom stereocenters. The number of hydrogen-bond acceptors (Lipinski definition) is 3. The fourth-order valence-electron chi connectivity index (χ4n) is 1.24. The standard InChI is InChI=1S/C11H11Br2N3O2S/c1-5-2-6(12)9(7(13)3-5)16-11(18)10(17)15-4-8(14)19/h2-3H,4H2,1H3,(H2,14,19)(H,15,17)(H,16,18). The number of hydrogen-bond donors (Lipinski definition) is 3. The molecule has 0 bridgehead atoms. The Balaban J connectivity index is 2.77. The molecule has 102 valence electrons. The summed E-state index contributed by atoms with van der Waals surface area (Å²) in [5.41, 5.74) is 6.72. The van der Waals surface area contributed by atoms with Crippen molar-refractivity contribution in [3.8, 4) is 0 Å². The molecule has 0 heterocycles. The number of nitrogens with one attached hydrogen (secondary N) is 2. The second-order valence-corrected chi connectivity index (χ2v) is 5.94. The van der Waals surface area contributed by atoms with Gasteiger partial charge in [0.25, 0.3) is 0 Å². The molecular formula is C11H11Br2N3O2S. The second-order valence-electron chi connectivity index (χ2n) is 3.71. The molecule has 1 rings (SSSR count). The van der Waals surface area contributed by atoms with Crippen molar-refractivity contribution >= 4 is 66.6 Å². The Hall–Kier alpha value is -0.990. The van der Waals surface area contributed by atoms with E-state index in [2.05, 4.69) is 54.7 Å². The zero-order valence-corrected chi connectivity index (χ0v) is 13.9. The van der Waals surface area contributed by atoms with E-state index in [0.717, 1.165) is 5.56 Å². The number of aryl methyl sites for hydroxylation is 1. The molecule has 1 aromatic rings. The average molecular weight is 409 g/mol. The number of carbonyl (C=O) groups is 2. The number of thiocarbonyl (C=S) groups is 1. The summed E-state index contributed by atoms with van der Waals surface area (Å²) in [5, 5.41) is 4.81. The van der Waals surface area contributed by atoms with Gasteiger partial charge in [0.2, 0.25) is 0 Å². The van der Waals surface area contributed by atoms with Crippen LogP contribution < -0.4 is 16.4 Å². The molecule has 0 radical (unpaired) electrons. The predicted octanol–water partition coefficient (Wildman–Crippen LogP) is 1.86.